The molecule has 0 unspecified atom stereocenters. The summed E-state index contributed by atoms with van der Waals surface area (Å²) in [5.74, 6) is -0.512. The Morgan fingerprint density at radius 2 is 1.61 bits per heavy atom. The zero-order chi connectivity index (χ0) is 19.7. The number of nitrogens with zero attached hydrogens (tertiary/aromatic N) is 3. The molecule has 1 heterocycles. The van der Waals surface area contributed by atoms with Gasteiger partial charge in [-0.15, -0.1) is 5.10 Å². The lowest BCUT2D eigenvalue weighted by Gasteiger charge is -2.07. The molecule has 0 bridgehead atoms. The molecule has 3 N–H and O–H groups in total. The topological polar surface area (TPSA) is 108 Å². The quantitative estimate of drug-likeness (QED) is 0.508. The van der Waals surface area contributed by atoms with Crippen molar-refractivity contribution in [3.63, 3.8) is 0 Å². The molecular formula is C21H13N3O4. The van der Waals surface area contributed by atoms with Crippen molar-refractivity contribution in [2.45, 2.75) is 0 Å². The summed E-state index contributed by atoms with van der Waals surface area (Å²) in [4.78, 5) is 15.6. The van der Waals surface area contributed by atoms with Gasteiger partial charge in [0.1, 0.15) is 11.5 Å². The number of rotatable bonds is 4. The molecule has 136 valence electrons. The first-order chi connectivity index (χ1) is 13.5. The third-order valence-electron chi connectivity index (χ3n) is 4.14. The molecule has 28 heavy (non-hydrogen) atoms. The van der Waals surface area contributed by atoms with Crippen molar-refractivity contribution in [1.82, 2.24) is 14.8 Å². The maximum absolute atomic E-state index is 11.1. The third kappa shape index (κ3) is 2.99. The minimum Gasteiger partial charge on any atom is -0.507 e. The first-order valence-electron chi connectivity index (χ1n) is 8.25. The van der Waals surface area contributed by atoms with Crippen molar-refractivity contribution in [3.05, 3.63) is 78.4 Å². The van der Waals surface area contributed by atoms with E-state index in [0.29, 0.717) is 22.6 Å². The van der Waals surface area contributed by atoms with Crippen LogP contribution in [0, 0.1) is 12.1 Å². The van der Waals surface area contributed by atoms with E-state index < -0.39 is 5.97 Å². The van der Waals surface area contributed by atoms with Crippen LogP contribution in [0.1, 0.15) is 10.4 Å². The van der Waals surface area contributed by atoms with Gasteiger partial charge in [-0.3, -0.25) is 0 Å². The fraction of sp³-hybridized carbons (Fsp3) is 0. The second-order valence-corrected chi connectivity index (χ2v) is 5.92. The molecule has 7 heteroatoms. The third-order valence-corrected chi connectivity index (χ3v) is 4.14. The summed E-state index contributed by atoms with van der Waals surface area (Å²) in [6, 6.07) is 21.0. The second kappa shape index (κ2) is 6.78. The van der Waals surface area contributed by atoms with Gasteiger partial charge in [0.2, 0.25) is 0 Å². The molecule has 0 radical (unpaired) electrons. The summed E-state index contributed by atoms with van der Waals surface area (Å²) in [5, 5.41) is 33.9. The van der Waals surface area contributed by atoms with Gasteiger partial charge in [0.15, 0.2) is 11.6 Å². The Labute approximate surface area is 159 Å². The highest BCUT2D eigenvalue weighted by Gasteiger charge is 2.19. The molecule has 0 saturated carbocycles. The van der Waals surface area contributed by atoms with E-state index in [-0.39, 0.29) is 22.9 Å². The first-order valence-corrected chi connectivity index (χ1v) is 8.25. The Morgan fingerprint density at radius 1 is 0.893 bits per heavy atom. The van der Waals surface area contributed by atoms with Gasteiger partial charge in [-0.25, -0.2) is 14.5 Å². The lowest BCUT2D eigenvalue weighted by Crippen LogP contribution is -2.02. The lowest BCUT2D eigenvalue weighted by atomic mass is 10.1. The number of aromatic hydroxyl groups is 2. The van der Waals surface area contributed by atoms with Gasteiger partial charge in [0, 0.05) is 12.1 Å². The van der Waals surface area contributed by atoms with Gasteiger partial charge in [0.25, 0.3) is 0 Å². The molecule has 0 aliphatic heterocycles. The van der Waals surface area contributed by atoms with Crippen LogP contribution in [0.4, 0.5) is 0 Å². The zero-order valence-electron chi connectivity index (χ0n) is 14.4. The number of aromatic carboxylic acids is 1. The standard InChI is InChI=1S/C21H13N3O4/c25-17-7-3-1-5-15(17)19-22-20(16-6-2-4-8-18(16)26)24(23-19)14-11-9-13(10-12-14)21(27)28/h2,4-12,25-26H,(H,27,28). The van der Waals surface area contributed by atoms with Crippen LogP contribution in [0.25, 0.3) is 28.5 Å². The number of phenols is 1. The van der Waals surface area contributed by atoms with E-state index in [1.54, 1.807) is 30.3 Å². The van der Waals surface area contributed by atoms with Gasteiger partial charge in [-0.2, -0.15) is 0 Å². The normalized spacial score (nSPS) is 10.4. The van der Waals surface area contributed by atoms with E-state index in [4.69, 9.17) is 5.11 Å². The fourth-order valence-corrected chi connectivity index (χ4v) is 2.74. The number of aromatic nitrogens is 3. The van der Waals surface area contributed by atoms with Crippen LogP contribution in [0.3, 0.4) is 0 Å². The maximum Gasteiger partial charge on any atom is 0.335 e. The van der Waals surface area contributed by atoms with Crippen molar-refractivity contribution in [3.8, 4) is 40.0 Å². The van der Waals surface area contributed by atoms with E-state index in [2.05, 4.69) is 22.2 Å². The number of carboxylic acid groups (broad SMARTS) is 1. The van der Waals surface area contributed by atoms with Crippen LogP contribution < -0.4 is 0 Å². The van der Waals surface area contributed by atoms with Gasteiger partial charge < -0.3 is 15.3 Å². The van der Waals surface area contributed by atoms with Crippen LogP contribution in [0.5, 0.6) is 11.5 Å². The Balaban J connectivity index is 1.92. The van der Waals surface area contributed by atoms with Crippen molar-refractivity contribution in [1.29, 1.82) is 0 Å². The molecule has 0 spiro atoms. The molecule has 0 fully saturated rings. The molecule has 0 aliphatic rings. The summed E-state index contributed by atoms with van der Waals surface area (Å²) in [5.41, 5.74) is 1.48. The van der Waals surface area contributed by atoms with Gasteiger partial charge in [0.05, 0.1) is 22.4 Å². The van der Waals surface area contributed by atoms with E-state index in [1.807, 2.05) is 0 Å². The van der Waals surface area contributed by atoms with Crippen LogP contribution in [-0.2, 0) is 0 Å². The highest BCUT2D eigenvalue weighted by molar-refractivity contribution is 5.87. The van der Waals surface area contributed by atoms with Crippen LogP contribution in [0.15, 0.2) is 60.7 Å². The highest BCUT2D eigenvalue weighted by Crippen LogP contribution is 2.32. The van der Waals surface area contributed by atoms with Gasteiger partial charge >= 0.3 is 5.97 Å². The maximum atomic E-state index is 11.1. The molecule has 4 rings (SSSR count). The van der Waals surface area contributed by atoms with Gasteiger partial charge in [-0.05, 0) is 36.4 Å². The minimum absolute atomic E-state index is 0.0158. The number of hydrogen-bond donors (Lipinski definition) is 3. The van der Waals surface area contributed by atoms with Crippen LogP contribution >= 0.6 is 0 Å². The molecule has 0 saturated heterocycles. The van der Waals surface area contributed by atoms with E-state index in [1.165, 1.54) is 35.0 Å². The molecule has 0 aliphatic carbocycles. The molecule has 0 atom stereocenters. The second-order valence-electron chi connectivity index (χ2n) is 5.92. The molecular weight excluding hydrogens is 358 g/mol. The number of benzene rings is 2. The molecule has 1 aromatic heterocycles. The molecule has 7 nitrogen and oxygen atoms in total. The van der Waals surface area contributed by atoms with E-state index >= 15 is 0 Å². The molecule has 0 amide bonds. The number of para-hydroxylation sites is 1. The SMILES string of the molecule is O=C(O)c1ccc(-n2nc(-c3cc#ccc3O)nc2-c2ccccc2O)cc1. The summed E-state index contributed by atoms with van der Waals surface area (Å²) >= 11 is 0. The Kier molecular flexibility index (Phi) is 4.14. The Hall–Kier alpha value is -4.31. The monoisotopic (exact) mass is 371 g/mol. The van der Waals surface area contributed by atoms with Crippen molar-refractivity contribution >= 4 is 5.97 Å². The predicted molar refractivity (Wildman–Crippen MR) is 100 cm³/mol. The largest absolute Gasteiger partial charge is 0.507 e. The van der Waals surface area contributed by atoms with Crippen LogP contribution in [-0.4, -0.2) is 36.1 Å². The Bertz CT molecular complexity index is 1170. The van der Waals surface area contributed by atoms with Crippen molar-refractivity contribution in [2.75, 3.05) is 0 Å². The number of hydrogen-bond acceptors (Lipinski definition) is 5. The van der Waals surface area contributed by atoms with E-state index in [9.17, 15) is 15.0 Å². The molecule has 3 aromatic carbocycles. The van der Waals surface area contributed by atoms with Crippen LogP contribution in [0.2, 0.25) is 0 Å². The number of carbonyl (C=O) groups is 1. The summed E-state index contributed by atoms with van der Waals surface area (Å²) in [7, 11) is 0. The highest BCUT2D eigenvalue weighted by atomic mass is 16.4. The number of phenolic OH excluding ortho intramolecular Hbond substituents is 1. The minimum atomic E-state index is -1.03. The average Bonchev–Trinajstić information content (AvgIpc) is 3.13. The summed E-state index contributed by atoms with van der Waals surface area (Å²) < 4.78 is 1.48. The van der Waals surface area contributed by atoms with E-state index in [0.717, 1.165) is 0 Å². The first kappa shape index (κ1) is 17.1. The number of carboxylic acids is 1. The van der Waals surface area contributed by atoms with Gasteiger partial charge in [-0.1, -0.05) is 24.3 Å². The average molecular weight is 371 g/mol. The van der Waals surface area contributed by atoms with Crippen molar-refractivity contribution < 1.29 is 20.1 Å². The summed E-state index contributed by atoms with van der Waals surface area (Å²) in [6.07, 6.45) is 0. The van der Waals surface area contributed by atoms with Crippen molar-refractivity contribution in [2.24, 2.45) is 0 Å². The predicted octanol–water partition coefficient (Wildman–Crippen LogP) is 3.31. The summed E-state index contributed by atoms with van der Waals surface area (Å²) in [6.45, 7) is 0. The zero-order valence-corrected chi connectivity index (χ0v) is 14.4. The smallest absolute Gasteiger partial charge is 0.335 e. The lowest BCUT2D eigenvalue weighted by molar-refractivity contribution is 0.0697. The molecule has 4 aromatic rings. The Morgan fingerprint density at radius 3 is 2.29 bits per heavy atom. The fourth-order valence-electron chi connectivity index (χ4n) is 2.74.